The number of carbonyl (C=O) groups excluding carboxylic acids is 2. The van der Waals surface area contributed by atoms with Gasteiger partial charge >= 0.3 is 11.9 Å². The summed E-state index contributed by atoms with van der Waals surface area (Å²) in [6.07, 6.45) is -4.11. The second kappa shape index (κ2) is 9.17. The first-order valence-electron chi connectivity index (χ1n) is 9.27. The Morgan fingerprint density at radius 3 is 1.97 bits per heavy atom. The maximum Gasteiger partial charge on any atom is 0.338 e. The maximum absolute atomic E-state index is 12.5. The molecule has 7 nitrogen and oxygen atoms in total. The fourth-order valence-electron chi connectivity index (χ4n) is 2.99. The Morgan fingerprint density at radius 1 is 0.931 bits per heavy atom. The summed E-state index contributed by atoms with van der Waals surface area (Å²) in [5.41, 5.74) is 2.77. The zero-order chi connectivity index (χ0) is 21.0. The predicted octanol–water partition coefficient (Wildman–Crippen LogP) is 2.42. The lowest BCUT2D eigenvalue weighted by Crippen LogP contribution is -2.39. The highest BCUT2D eigenvalue weighted by Gasteiger charge is 2.47. The topological polar surface area (TPSA) is 91.3 Å². The number of aryl methyl sites for hydroxylation is 2. The van der Waals surface area contributed by atoms with E-state index in [0.717, 1.165) is 11.1 Å². The molecule has 0 radical (unpaired) electrons. The molecule has 0 saturated carbocycles. The van der Waals surface area contributed by atoms with Crippen molar-refractivity contribution in [1.82, 2.24) is 0 Å². The molecule has 0 aliphatic carbocycles. The number of rotatable bonds is 6. The van der Waals surface area contributed by atoms with Crippen molar-refractivity contribution in [3.8, 4) is 0 Å². The summed E-state index contributed by atoms with van der Waals surface area (Å²) in [5.74, 6) is -1.14. The van der Waals surface area contributed by atoms with E-state index >= 15 is 0 Å². The van der Waals surface area contributed by atoms with Gasteiger partial charge in [0.05, 0.1) is 11.1 Å². The first-order chi connectivity index (χ1) is 13.9. The van der Waals surface area contributed by atoms with Crippen LogP contribution in [0.1, 0.15) is 31.8 Å². The van der Waals surface area contributed by atoms with Crippen LogP contribution in [-0.2, 0) is 18.9 Å². The lowest BCUT2D eigenvalue weighted by Gasteiger charge is -2.20. The molecular weight excluding hydrogens is 376 g/mol. The Hall–Kier alpha value is -2.74. The van der Waals surface area contributed by atoms with Crippen LogP contribution in [0.4, 0.5) is 0 Å². The monoisotopic (exact) mass is 400 g/mol. The largest absolute Gasteiger partial charge is 0.459 e. The van der Waals surface area contributed by atoms with Crippen molar-refractivity contribution in [3.63, 3.8) is 0 Å². The first kappa shape index (κ1) is 21.0. The van der Waals surface area contributed by atoms with E-state index in [0.29, 0.717) is 11.1 Å². The molecule has 154 valence electrons. The summed E-state index contributed by atoms with van der Waals surface area (Å²) < 4.78 is 21.4. The molecule has 1 unspecified atom stereocenters. The van der Waals surface area contributed by atoms with E-state index < -0.39 is 36.5 Å². The molecule has 29 heavy (non-hydrogen) atoms. The molecular formula is C22H24O7. The van der Waals surface area contributed by atoms with Crippen molar-refractivity contribution in [3.05, 3.63) is 70.8 Å². The van der Waals surface area contributed by atoms with Crippen molar-refractivity contribution in [2.45, 2.75) is 38.4 Å². The zero-order valence-electron chi connectivity index (χ0n) is 16.5. The third-order valence-electron chi connectivity index (χ3n) is 4.72. The van der Waals surface area contributed by atoms with E-state index in [1.807, 2.05) is 13.8 Å². The van der Waals surface area contributed by atoms with Gasteiger partial charge in [-0.1, -0.05) is 35.4 Å². The van der Waals surface area contributed by atoms with Crippen molar-refractivity contribution < 1.29 is 33.6 Å². The Labute approximate surface area is 169 Å². The average molecular weight is 400 g/mol. The van der Waals surface area contributed by atoms with E-state index in [1.165, 1.54) is 7.11 Å². The van der Waals surface area contributed by atoms with Crippen LogP contribution < -0.4 is 0 Å². The molecule has 4 atom stereocenters. The smallest absolute Gasteiger partial charge is 0.338 e. The van der Waals surface area contributed by atoms with Crippen LogP contribution in [-0.4, -0.2) is 55.4 Å². The lowest BCUT2D eigenvalue weighted by atomic mass is 10.1. The number of aliphatic hydroxyl groups is 1. The number of ether oxygens (including phenoxy) is 4. The molecule has 7 heteroatoms. The van der Waals surface area contributed by atoms with Gasteiger partial charge in [0.25, 0.3) is 0 Å². The van der Waals surface area contributed by atoms with Crippen LogP contribution in [0.25, 0.3) is 0 Å². The van der Waals surface area contributed by atoms with Crippen molar-refractivity contribution >= 4 is 11.9 Å². The first-order valence-corrected chi connectivity index (χ1v) is 9.27. The Balaban J connectivity index is 1.66. The van der Waals surface area contributed by atoms with Gasteiger partial charge in [-0.2, -0.15) is 0 Å². The molecule has 0 amide bonds. The number of esters is 2. The minimum atomic E-state index is -1.21. The molecule has 0 bridgehead atoms. The number of methoxy groups -OCH3 is 1. The minimum Gasteiger partial charge on any atom is -0.459 e. The van der Waals surface area contributed by atoms with Gasteiger partial charge in [-0.3, -0.25) is 0 Å². The minimum absolute atomic E-state index is 0.199. The van der Waals surface area contributed by atoms with E-state index in [1.54, 1.807) is 48.5 Å². The fourth-order valence-corrected chi connectivity index (χ4v) is 2.99. The van der Waals surface area contributed by atoms with Gasteiger partial charge in [0.1, 0.15) is 18.8 Å². The van der Waals surface area contributed by atoms with Crippen LogP contribution >= 0.6 is 0 Å². The molecule has 0 spiro atoms. The second-order valence-corrected chi connectivity index (χ2v) is 6.97. The number of hydrogen-bond donors (Lipinski definition) is 1. The maximum atomic E-state index is 12.5. The molecule has 2 aromatic rings. The molecule has 2 aromatic carbocycles. The van der Waals surface area contributed by atoms with Crippen molar-refractivity contribution in [2.24, 2.45) is 0 Å². The van der Waals surface area contributed by atoms with Gasteiger partial charge < -0.3 is 24.1 Å². The third kappa shape index (κ3) is 5.00. The molecule has 1 aliphatic rings. The van der Waals surface area contributed by atoms with Gasteiger partial charge in [-0.25, -0.2) is 9.59 Å². The molecule has 1 N–H and O–H groups in total. The summed E-state index contributed by atoms with van der Waals surface area (Å²) in [4.78, 5) is 24.7. The van der Waals surface area contributed by atoms with Crippen molar-refractivity contribution in [1.29, 1.82) is 0 Å². The van der Waals surface area contributed by atoms with Gasteiger partial charge in [0, 0.05) is 7.11 Å². The highest BCUT2D eigenvalue weighted by atomic mass is 16.7. The van der Waals surface area contributed by atoms with Crippen LogP contribution in [0.5, 0.6) is 0 Å². The number of aliphatic hydroxyl groups excluding tert-OH is 1. The number of hydrogen-bond acceptors (Lipinski definition) is 7. The van der Waals surface area contributed by atoms with E-state index in [2.05, 4.69) is 0 Å². The second-order valence-electron chi connectivity index (χ2n) is 6.97. The van der Waals surface area contributed by atoms with Crippen LogP contribution in [0.3, 0.4) is 0 Å². The summed E-state index contributed by atoms with van der Waals surface area (Å²) >= 11 is 0. The summed E-state index contributed by atoms with van der Waals surface area (Å²) in [6.45, 7) is 3.63. The van der Waals surface area contributed by atoms with Gasteiger partial charge in [0.15, 0.2) is 12.4 Å². The molecule has 1 fully saturated rings. The van der Waals surface area contributed by atoms with E-state index in [4.69, 9.17) is 18.9 Å². The Kier molecular flexibility index (Phi) is 6.64. The fraction of sp³-hybridized carbons (Fsp3) is 0.364. The number of benzene rings is 2. The van der Waals surface area contributed by atoms with Crippen molar-refractivity contribution in [2.75, 3.05) is 13.7 Å². The quantitative estimate of drug-likeness (QED) is 0.745. The number of carbonyl (C=O) groups is 2. The normalized spacial score (nSPS) is 23.6. The molecule has 3 rings (SSSR count). The van der Waals surface area contributed by atoms with Crippen LogP contribution in [0.15, 0.2) is 48.5 Å². The lowest BCUT2D eigenvalue weighted by molar-refractivity contribution is -0.153. The standard InChI is InChI=1S/C22H24O7/c1-13-4-8-15(9-5-13)20(24)27-12-17-19(18(23)22(26-3)28-17)29-21(25)16-10-6-14(2)7-11-16/h4-11,17-19,22-23H,12H2,1-3H3/t17-,18-,19-,22?/m1/s1. The van der Waals surface area contributed by atoms with Gasteiger partial charge in [-0.15, -0.1) is 0 Å². The summed E-state index contributed by atoms with van der Waals surface area (Å²) in [7, 11) is 1.37. The average Bonchev–Trinajstić information content (AvgIpc) is 3.02. The molecule has 1 saturated heterocycles. The third-order valence-corrected chi connectivity index (χ3v) is 4.72. The van der Waals surface area contributed by atoms with E-state index in [9.17, 15) is 14.7 Å². The SMILES string of the molecule is COC1O[C@H](COC(=O)c2ccc(C)cc2)[C@@H](OC(=O)c2ccc(C)cc2)[C@H]1O. The Morgan fingerprint density at radius 2 is 1.45 bits per heavy atom. The zero-order valence-corrected chi connectivity index (χ0v) is 16.5. The molecule has 1 aliphatic heterocycles. The summed E-state index contributed by atoms with van der Waals surface area (Å²) in [5, 5.41) is 10.4. The summed E-state index contributed by atoms with van der Waals surface area (Å²) in [6, 6.07) is 13.8. The highest BCUT2D eigenvalue weighted by Crippen LogP contribution is 2.26. The Bertz CT molecular complexity index is 844. The predicted molar refractivity (Wildman–Crippen MR) is 104 cm³/mol. The van der Waals surface area contributed by atoms with Gasteiger partial charge in [-0.05, 0) is 38.1 Å². The van der Waals surface area contributed by atoms with Crippen LogP contribution in [0.2, 0.25) is 0 Å². The molecule has 0 aromatic heterocycles. The molecule has 1 heterocycles. The van der Waals surface area contributed by atoms with Crippen LogP contribution in [0, 0.1) is 13.8 Å². The van der Waals surface area contributed by atoms with Gasteiger partial charge in [0.2, 0.25) is 0 Å². The highest BCUT2D eigenvalue weighted by molar-refractivity contribution is 5.90. The van der Waals surface area contributed by atoms with E-state index in [-0.39, 0.29) is 6.61 Å².